The van der Waals surface area contributed by atoms with E-state index >= 15 is 0 Å². The van der Waals surface area contributed by atoms with Crippen LogP contribution in [0.1, 0.15) is 39.2 Å². The molecule has 4 nitrogen and oxygen atoms in total. The smallest absolute Gasteiger partial charge is 0.239 e. The van der Waals surface area contributed by atoms with Crippen molar-refractivity contribution in [3.63, 3.8) is 0 Å². The number of hydrogen-bond donors (Lipinski definition) is 1. The molecule has 1 aliphatic carbocycles. The van der Waals surface area contributed by atoms with Crippen LogP contribution in [0.4, 0.5) is 5.69 Å². The molecule has 1 saturated carbocycles. The Kier molecular flexibility index (Phi) is 5.23. The first kappa shape index (κ1) is 15.8. The number of hydrogen-bond acceptors (Lipinski definition) is 3. The molecule has 2 N–H and O–H groups in total. The molecule has 1 unspecified atom stereocenters. The summed E-state index contributed by atoms with van der Waals surface area (Å²) in [6.45, 7) is 8.49. The zero-order valence-corrected chi connectivity index (χ0v) is 13.4. The number of anilines is 1. The molecule has 2 rings (SSSR count). The van der Waals surface area contributed by atoms with Crippen molar-refractivity contribution in [2.75, 3.05) is 18.8 Å². The molecule has 1 fully saturated rings. The highest BCUT2D eigenvalue weighted by Gasteiger charge is 2.35. The van der Waals surface area contributed by atoms with Gasteiger partial charge in [0, 0.05) is 31.4 Å². The van der Waals surface area contributed by atoms with E-state index < -0.39 is 0 Å². The Morgan fingerprint density at radius 1 is 1.24 bits per heavy atom. The van der Waals surface area contributed by atoms with E-state index in [1.165, 1.54) is 18.4 Å². The minimum atomic E-state index is -0.0602. The van der Waals surface area contributed by atoms with Crippen molar-refractivity contribution < 1.29 is 4.79 Å². The van der Waals surface area contributed by atoms with E-state index in [4.69, 9.17) is 5.73 Å². The van der Waals surface area contributed by atoms with Gasteiger partial charge in [0.1, 0.15) is 0 Å². The van der Waals surface area contributed by atoms with E-state index in [0.29, 0.717) is 6.04 Å². The third kappa shape index (κ3) is 3.97. The number of nitrogen functional groups attached to an aromatic ring is 1. The van der Waals surface area contributed by atoms with Crippen molar-refractivity contribution in [2.24, 2.45) is 0 Å². The molecule has 1 amide bonds. The maximum Gasteiger partial charge on any atom is 0.239 e. The van der Waals surface area contributed by atoms with Crippen LogP contribution in [0, 0.1) is 0 Å². The summed E-state index contributed by atoms with van der Waals surface area (Å²) >= 11 is 0. The number of nitrogens with two attached hydrogens (primary N) is 1. The van der Waals surface area contributed by atoms with Crippen LogP contribution in [0.2, 0.25) is 0 Å². The van der Waals surface area contributed by atoms with Crippen molar-refractivity contribution in [2.45, 2.75) is 52.2 Å². The monoisotopic (exact) mass is 289 g/mol. The van der Waals surface area contributed by atoms with Crippen LogP contribution in [-0.4, -0.2) is 40.9 Å². The molecule has 1 aromatic carbocycles. The highest BCUT2D eigenvalue weighted by molar-refractivity contribution is 5.81. The van der Waals surface area contributed by atoms with Gasteiger partial charge in [-0.2, -0.15) is 0 Å². The Morgan fingerprint density at radius 2 is 1.81 bits per heavy atom. The summed E-state index contributed by atoms with van der Waals surface area (Å²) < 4.78 is 0. The van der Waals surface area contributed by atoms with E-state index in [0.717, 1.165) is 25.3 Å². The van der Waals surface area contributed by atoms with Gasteiger partial charge in [0.05, 0.1) is 6.04 Å². The Labute approximate surface area is 127 Å². The first-order valence-electron chi connectivity index (χ1n) is 7.95. The molecule has 0 radical (unpaired) electrons. The van der Waals surface area contributed by atoms with Gasteiger partial charge in [-0.15, -0.1) is 0 Å². The standard InChI is InChI=1S/C17H27N3O/c1-4-19(5-2)17(21)13(3)20(16-10-11-16)12-14-6-8-15(18)9-7-14/h6-9,13,16H,4-5,10-12,18H2,1-3H3. The molecule has 116 valence electrons. The summed E-state index contributed by atoms with van der Waals surface area (Å²) in [5, 5.41) is 0. The maximum absolute atomic E-state index is 12.6. The van der Waals surface area contributed by atoms with Gasteiger partial charge in [0.25, 0.3) is 0 Å². The summed E-state index contributed by atoms with van der Waals surface area (Å²) in [6, 6.07) is 8.46. The molecule has 1 aliphatic rings. The molecule has 0 aromatic heterocycles. The normalized spacial score (nSPS) is 16.0. The summed E-state index contributed by atoms with van der Waals surface area (Å²) in [5.41, 5.74) is 7.74. The lowest BCUT2D eigenvalue weighted by Crippen LogP contribution is -2.47. The molecule has 0 spiro atoms. The molecule has 0 saturated heterocycles. The van der Waals surface area contributed by atoms with Gasteiger partial charge >= 0.3 is 0 Å². The zero-order valence-electron chi connectivity index (χ0n) is 13.4. The Balaban J connectivity index is 2.07. The summed E-state index contributed by atoms with van der Waals surface area (Å²) in [5.74, 6) is 0.238. The zero-order chi connectivity index (χ0) is 15.4. The van der Waals surface area contributed by atoms with E-state index in [-0.39, 0.29) is 11.9 Å². The van der Waals surface area contributed by atoms with Crippen LogP contribution in [0.15, 0.2) is 24.3 Å². The van der Waals surface area contributed by atoms with Gasteiger partial charge in [0.15, 0.2) is 0 Å². The minimum absolute atomic E-state index is 0.0602. The number of carbonyl (C=O) groups excluding carboxylic acids is 1. The quantitative estimate of drug-likeness (QED) is 0.785. The van der Waals surface area contributed by atoms with Crippen LogP contribution < -0.4 is 5.73 Å². The Bertz CT molecular complexity index is 463. The van der Waals surface area contributed by atoms with Gasteiger partial charge in [0.2, 0.25) is 5.91 Å². The van der Waals surface area contributed by atoms with E-state index in [9.17, 15) is 4.79 Å². The molecular formula is C17H27N3O. The third-order valence-corrected chi connectivity index (χ3v) is 4.29. The van der Waals surface area contributed by atoms with Crippen molar-refractivity contribution in [3.8, 4) is 0 Å². The van der Waals surface area contributed by atoms with E-state index in [1.807, 2.05) is 37.8 Å². The SMILES string of the molecule is CCN(CC)C(=O)C(C)N(Cc1ccc(N)cc1)C1CC1. The largest absolute Gasteiger partial charge is 0.399 e. The number of amides is 1. The first-order valence-corrected chi connectivity index (χ1v) is 7.95. The molecule has 1 atom stereocenters. The first-order chi connectivity index (χ1) is 10.1. The lowest BCUT2D eigenvalue weighted by Gasteiger charge is -2.32. The van der Waals surface area contributed by atoms with Gasteiger partial charge in [-0.25, -0.2) is 0 Å². The third-order valence-electron chi connectivity index (χ3n) is 4.29. The average molecular weight is 289 g/mol. The number of nitrogens with zero attached hydrogens (tertiary/aromatic N) is 2. The topological polar surface area (TPSA) is 49.6 Å². The van der Waals surface area contributed by atoms with Crippen molar-refractivity contribution in [1.29, 1.82) is 0 Å². The Hall–Kier alpha value is -1.55. The van der Waals surface area contributed by atoms with Crippen LogP contribution in [0.25, 0.3) is 0 Å². The average Bonchev–Trinajstić information content (AvgIpc) is 3.31. The highest BCUT2D eigenvalue weighted by atomic mass is 16.2. The van der Waals surface area contributed by atoms with Crippen molar-refractivity contribution >= 4 is 11.6 Å². The van der Waals surface area contributed by atoms with Crippen LogP contribution >= 0.6 is 0 Å². The fourth-order valence-corrected chi connectivity index (χ4v) is 2.76. The van der Waals surface area contributed by atoms with Gasteiger partial charge in [-0.1, -0.05) is 12.1 Å². The van der Waals surface area contributed by atoms with Crippen LogP contribution in [0.3, 0.4) is 0 Å². The summed E-state index contributed by atoms with van der Waals surface area (Å²) in [4.78, 5) is 16.8. The molecule has 21 heavy (non-hydrogen) atoms. The number of benzene rings is 1. The van der Waals surface area contributed by atoms with Gasteiger partial charge < -0.3 is 10.6 Å². The second-order valence-electron chi connectivity index (χ2n) is 5.83. The van der Waals surface area contributed by atoms with Crippen molar-refractivity contribution in [3.05, 3.63) is 29.8 Å². The predicted molar refractivity (Wildman–Crippen MR) is 86.8 cm³/mol. The second kappa shape index (κ2) is 6.94. The number of rotatable bonds is 7. The predicted octanol–water partition coefficient (Wildman–Crippen LogP) is 2.49. The van der Waals surface area contributed by atoms with Crippen LogP contribution in [0.5, 0.6) is 0 Å². The Morgan fingerprint density at radius 3 is 2.29 bits per heavy atom. The highest BCUT2D eigenvalue weighted by Crippen LogP contribution is 2.30. The fourth-order valence-electron chi connectivity index (χ4n) is 2.76. The van der Waals surface area contributed by atoms with Gasteiger partial charge in [-0.3, -0.25) is 9.69 Å². The maximum atomic E-state index is 12.6. The molecular weight excluding hydrogens is 262 g/mol. The lowest BCUT2D eigenvalue weighted by atomic mass is 10.1. The molecule has 0 heterocycles. The van der Waals surface area contributed by atoms with Crippen LogP contribution in [-0.2, 0) is 11.3 Å². The molecule has 0 bridgehead atoms. The van der Waals surface area contributed by atoms with Gasteiger partial charge in [-0.05, 0) is 51.3 Å². The lowest BCUT2D eigenvalue weighted by molar-refractivity contribution is -0.136. The molecule has 0 aliphatic heterocycles. The molecule has 4 heteroatoms. The number of carbonyl (C=O) groups is 1. The van der Waals surface area contributed by atoms with E-state index in [2.05, 4.69) is 17.0 Å². The molecule has 1 aromatic rings. The summed E-state index contributed by atoms with van der Waals surface area (Å²) in [6.07, 6.45) is 2.40. The number of likely N-dealkylation sites (N-methyl/N-ethyl adjacent to an activating group) is 1. The second-order valence-corrected chi connectivity index (χ2v) is 5.83. The fraction of sp³-hybridized carbons (Fsp3) is 0.588. The minimum Gasteiger partial charge on any atom is -0.399 e. The van der Waals surface area contributed by atoms with Crippen molar-refractivity contribution in [1.82, 2.24) is 9.80 Å². The summed E-state index contributed by atoms with van der Waals surface area (Å²) in [7, 11) is 0. The van der Waals surface area contributed by atoms with E-state index in [1.54, 1.807) is 0 Å².